The Hall–Kier alpha value is -3.90. The van der Waals surface area contributed by atoms with E-state index in [4.69, 9.17) is 9.94 Å². The van der Waals surface area contributed by atoms with Crippen LogP contribution in [0.3, 0.4) is 0 Å². The van der Waals surface area contributed by atoms with Gasteiger partial charge >= 0.3 is 0 Å². The second-order valence-corrected chi connectivity index (χ2v) is 6.86. The highest BCUT2D eigenvalue weighted by Gasteiger charge is 2.06. The van der Waals surface area contributed by atoms with Crippen LogP contribution in [-0.4, -0.2) is 21.1 Å². The zero-order chi connectivity index (χ0) is 20.8. The van der Waals surface area contributed by atoms with Gasteiger partial charge in [-0.15, -0.1) is 0 Å². The zero-order valence-corrected chi connectivity index (χ0v) is 16.2. The number of carbonyl (C=O) groups is 1. The summed E-state index contributed by atoms with van der Waals surface area (Å²) in [6, 6.07) is 23.7. The molecule has 150 valence electrons. The van der Waals surface area contributed by atoms with Crippen molar-refractivity contribution in [3.05, 3.63) is 101 Å². The van der Waals surface area contributed by atoms with E-state index in [0.29, 0.717) is 13.0 Å². The maximum absolute atomic E-state index is 11.0. The quantitative estimate of drug-likeness (QED) is 0.246. The highest BCUT2D eigenvalue weighted by atomic mass is 16.5. The summed E-state index contributed by atoms with van der Waals surface area (Å²) in [6.07, 6.45) is 3.56. The van der Waals surface area contributed by atoms with Gasteiger partial charge in [-0.05, 0) is 34.9 Å². The average Bonchev–Trinajstić information content (AvgIpc) is 3.19. The van der Waals surface area contributed by atoms with Gasteiger partial charge in [0.2, 0.25) is 0 Å². The standard InChI is InChI=1S/C24H21N3O3/c28-24(27-29)13-10-17-6-8-18(9-7-17)14-23-25-21-12-11-20(15-22(21)26-23)30-16-19-4-2-1-3-5-19/h1-13,15,29H,14,16H2,(H,25,26)(H,27,28)/b13-10+. The Balaban J connectivity index is 1.42. The first-order chi connectivity index (χ1) is 14.7. The second-order valence-electron chi connectivity index (χ2n) is 6.86. The molecule has 30 heavy (non-hydrogen) atoms. The number of nitrogens with zero attached hydrogens (tertiary/aromatic N) is 1. The van der Waals surface area contributed by atoms with Gasteiger partial charge in [0.15, 0.2) is 0 Å². The zero-order valence-electron chi connectivity index (χ0n) is 16.2. The first-order valence-electron chi connectivity index (χ1n) is 9.56. The van der Waals surface area contributed by atoms with Crippen LogP contribution in [0.15, 0.2) is 78.9 Å². The molecule has 1 aromatic heterocycles. The minimum atomic E-state index is -0.562. The summed E-state index contributed by atoms with van der Waals surface area (Å²) in [5, 5.41) is 8.51. The molecule has 6 heteroatoms. The minimum absolute atomic E-state index is 0.522. The lowest BCUT2D eigenvalue weighted by Crippen LogP contribution is -2.14. The third-order valence-electron chi connectivity index (χ3n) is 4.64. The number of aromatic nitrogens is 2. The molecule has 0 saturated carbocycles. The number of amides is 1. The molecule has 0 unspecified atom stereocenters. The first-order valence-corrected chi connectivity index (χ1v) is 9.56. The van der Waals surface area contributed by atoms with Crippen LogP contribution in [0, 0.1) is 0 Å². The number of benzene rings is 3. The minimum Gasteiger partial charge on any atom is -0.489 e. The summed E-state index contributed by atoms with van der Waals surface area (Å²) in [5.41, 5.74) is 6.48. The van der Waals surface area contributed by atoms with Crippen LogP contribution < -0.4 is 10.2 Å². The van der Waals surface area contributed by atoms with Gasteiger partial charge < -0.3 is 9.72 Å². The van der Waals surface area contributed by atoms with Gasteiger partial charge in [0.25, 0.3) is 5.91 Å². The molecule has 4 aromatic rings. The number of ether oxygens (including phenoxy) is 1. The maximum atomic E-state index is 11.0. The van der Waals surface area contributed by atoms with E-state index in [1.54, 1.807) is 11.6 Å². The number of rotatable bonds is 7. The number of nitrogens with one attached hydrogen (secondary N) is 2. The second kappa shape index (κ2) is 9.07. The largest absolute Gasteiger partial charge is 0.489 e. The number of H-pyrrole nitrogens is 1. The van der Waals surface area contributed by atoms with E-state index in [9.17, 15) is 4.79 Å². The van der Waals surface area contributed by atoms with E-state index >= 15 is 0 Å². The normalized spacial score (nSPS) is 11.1. The fraction of sp³-hybridized carbons (Fsp3) is 0.0833. The lowest BCUT2D eigenvalue weighted by Gasteiger charge is -2.05. The Bertz CT molecular complexity index is 1170. The number of carbonyl (C=O) groups excluding carboxylic acids is 1. The van der Waals surface area contributed by atoms with Crippen molar-refractivity contribution in [2.24, 2.45) is 0 Å². The van der Waals surface area contributed by atoms with Gasteiger partial charge in [-0.25, -0.2) is 10.5 Å². The third-order valence-corrected chi connectivity index (χ3v) is 4.64. The van der Waals surface area contributed by atoms with Crippen molar-refractivity contribution in [3.63, 3.8) is 0 Å². The Morgan fingerprint density at radius 1 is 1.03 bits per heavy atom. The molecule has 0 aliphatic rings. The Labute approximate surface area is 173 Å². The number of imidazole rings is 1. The molecule has 0 saturated heterocycles. The van der Waals surface area contributed by atoms with Gasteiger partial charge in [-0.1, -0.05) is 54.6 Å². The average molecular weight is 399 g/mol. The molecule has 1 amide bonds. The number of hydroxylamine groups is 1. The molecule has 6 nitrogen and oxygen atoms in total. The number of hydrogen-bond acceptors (Lipinski definition) is 4. The van der Waals surface area contributed by atoms with E-state index in [2.05, 4.69) is 9.97 Å². The summed E-state index contributed by atoms with van der Waals surface area (Å²) in [4.78, 5) is 19.1. The molecule has 0 spiro atoms. The predicted molar refractivity (Wildman–Crippen MR) is 115 cm³/mol. The number of fused-ring (bicyclic) bond motifs is 1. The predicted octanol–water partition coefficient (Wildman–Crippen LogP) is 4.25. The SMILES string of the molecule is O=C(/C=C/c1ccc(Cc2nc3ccc(OCc4ccccc4)cc3[nH]2)cc1)NO. The monoisotopic (exact) mass is 399 g/mol. The lowest BCUT2D eigenvalue weighted by molar-refractivity contribution is -0.124. The van der Waals surface area contributed by atoms with Crippen molar-refractivity contribution in [2.75, 3.05) is 0 Å². The number of hydrogen-bond donors (Lipinski definition) is 3. The van der Waals surface area contributed by atoms with Crippen molar-refractivity contribution in [3.8, 4) is 5.75 Å². The molecule has 1 heterocycles. The maximum Gasteiger partial charge on any atom is 0.267 e. The van der Waals surface area contributed by atoms with E-state index in [0.717, 1.165) is 39.3 Å². The molecule has 4 rings (SSSR count). The fourth-order valence-electron chi connectivity index (χ4n) is 3.11. The first kappa shape index (κ1) is 19.4. The van der Waals surface area contributed by atoms with Crippen LogP contribution in [-0.2, 0) is 17.8 Å². The third kappa shape index (κ3) is 4.92. The van der Waals surface area contributed by atoms with Crippen LogP contribution in [0.25, 0.3) is 17.1 Å². The van der Waals surface area contributed by atoms with E-state index in [1.807, 2.05) is 72.8 Å². The van der Waals surface area contributed by atoms with Crippen molar-refractivity contribution in [1.82, 2.24) is 15.4 Å². The van der Waals surface area contributed by atoms with Crippen LogP contribution in [0.2, 0.25) is 0 Å². The van der Waals surface area contributed by atoms with Crippen LogP contribution >= 0.6 is 0 Å². The van der Waals surface area contributed by atoms with Crippen LogP contribution in [0.1, 0.15) is 22.5 Å². The van der Waals surface area contributed by atoms with Crippen molar-refractivity contribution in [2.45, 2.75) is 13.0 Å². The molecule has 0 aliphatic heterocycles. The van der Waals surface area contributed by atoms with Gasteiger partial charge in [-0.3, -0.25) is 10.0 Å². The van der Waals surface area contributed by atoms with E-state index in [1.165, 1.54) is 6.08 Å². The lowest BCUT2D eigenvalue weighted by atomic mass is 10.1. The topological polar surface area (TPSA) is 87.2 Å². The van der Waals surface area contributed by atoms with Gasteiger partial charge in [-0.2, -0.15) is 0 Å². The molecule has 0 fully saturated rings. The summed E-state index contributed by atoms with van der Waals surface area (Å²) < 4.78 is 5.89. The van der Waals surface area contributed by atoms with Crippen LogP contribution in [0.4, 0.5) is 0 Å². The Morgan fingerprint density at radius 3 is 2.60 bits per heavy atom. The Kier molecular flexibility index (Phi) is 5.87. The molecule has 0 atom stereocenters. The molecule has 3 aromatic carbocycles. The van der Waals surface area contributed by atoms with E-state index in [-0.39, 0.29) is 0 Å². The summed E-state index contributed by atoms with van der Waals surface area (Å²) in [5.74, 6) is 1.10. The van der Waals surface area contributed by atoms with Crippen molar-refractivity contribution >= 4 is 23.0 Å². The molecule has 0 aliphatic carbocycles. The van der Waals surface area contributed by atoms with Gasteiger partial charge in [0.1, 0.15) is 18.2 Å². The summed E-state index contributed by atoms with van der Waals surface area (Å²) >= 11 is 0. The summed E-state index contributed by atoms with van der Waals surface area (Å²) in [6.45, 7) is 0.522. The molecular weight excluding hydrogens is 378 g/mol. The number of aromatic amines is 1. The molecule has 0 radical (unpaired) electrons. The highest BCUT2D eigenvalue weighted by molar-refractivity contribution is 5.90. The van der Waals surface area contributed by atoms with Crippen LogP contribution in [0.5, 0.6) is 5.75 Å². The fourth-order valence-corrected chi connectivity index (χ4v) is 3.11. The highest BCUT2D eigenvalue weighted by Crippen LogP contribution is 2.21. The molecular formula is C24H21N3O3. The van der Waals surface area contributed by atoms with E-state index < -0.39 is 5.91 Å². The van der Waals surface area contributed by atoms with Crippen molar-refractivity contribution in [1.29, 1.82) is 0 Å². The smallest absolute Gasteiger partial charge is 0.267 e. The Morgan fingerprint density at radius 2 is 1.83 bits per heavy atom. The molecule has 3 N–H and O–H groups in total. The summed E-state index contributed by atoms with van der Waals surface area (Å²) in [7, 11) is 0. The van der Waals surface area contributed by atoms with Gasteiger partial charge in [0.05, 0.1) is 11.0 Å². The molecule has 0 bridgehead atoms. The van der Waals surface area contributed by atoms with Gasteiger partial charge in [0, 0.05) is 18.6 Å². The van der Waals surface area contributed by atoms with Crippen molar-refractivity contribution < 1.29 is 14.7 Å².